The number of likely N-dealkylation sites (tertiary alicyclic amines) is 1. The molecule has 188 valence electrons. The van der Waals surface area contributed by atoms with E-state index >= 15 is 0 Å². The van der Waals surface area contributed by atoms with Gasteiger partial charge < -0.3 is 25.6 Å². The predicted octanol–water partition coefficient (Wildman–Crippen LogP) is 4.31. The number of halogens is 1. The number of urea groups is 1. The second-order valence-electron chi connectivity index (χ2n) is 8.76. The molecule has 0 saturated carbocycles. The first-order valence-corrected chi connectivity index (χ1v) is 12.2. The van der Waals surface area contributed by atoms with E-state index in [-0.39, 0.29) is 29.8 Å². The molecule has 2 atom stereocenters. The lowest BCUT2D eigenvalue weighted by molar-refractivity contribution is -0.125. The molecule has 1 aliphatic rings. The first kappa shape index (κ1) is 26.3. The maximum absolute atomic E-state index is 13.1. The number of benzene rings is 2. The van der Waals surface area contributed by atoms with Crippen molar-refractivity contribution in [2.45, 2.75) is 45.2 Å². The highest BCUT2D eigenvalue weighted by Crippen LogP contribution is 2.23. The summed E-state index contributed by atoms with van der Waals surface area (Å²) in [6.45, 7) is 4.88. The van der Waals surface area contributed by atoms with Crippen LogP contribution in [0.1, 0.15) is 43.5 Å². The van der Waals surface area contributed by atoms with E-state index in [0.29, 0.717) is 48.0 Å². The molecule has 2 aromatic carbocycles. The molecular weight excluding hydrogens is 468 g/mol. The van der Waals surface area contributed by atoms with E-state index in [4.69, 9.17) is 16.3 Å². The molecule has 0 radical (unpaired) electrons. The molecule has 3 N–H and O–H groups in total. The van der Waals surface area contributed by atoms with E-state index in [9.17, 15) is 14.4 Å². The van der Waals surface area contributed by atoms with Gasteiger partial charge in [0.15, 0.2) is 0 Å². The number of nitrogens with one attached hydrogen (secondary N) is 3. The topological polar surface area (TPSA) is 99.8 Å². The standard InChI is InChI=1S/C26H33ClN4O4/c1-4-17(2)28-25(33)23(30-24(32)19-8-10-22(35-3)11-9-19)18-12-14-31(15-13-18)26(34)29-21-7-5-6-20(27)16-21/h5-11,16-18,23H,4,12-15H2,1-3H3,(H,28,33)(H,29,34)(H,30,32)/t17-,23-/m1/s1. The molecule has 8 nitrogen and oxygen atoms in total. The van der Waals surface area contributed by atoms with Crippen LogP contribution in [0, 0.1) is 5.92 Å². The monoisotopic (exact) mass is 500 g/mol. The number of rotatable bonds is 8. The number of piperidine rings is 1. The molecule has 35 heavy (non-hydrogen) atoms. The van der Waals surface area contributed by atoms with Crippen LogP contribution in [0.5, 0.6) is 5.75 Å². The molecule has 2 aromatic rings. The van der Waals surface area contributed by atoms with Crippen LogP contribution in [0.4, 0.5) is 10.5 Å². The number of amides is 4. The van der Waals surface area contributed by atoms with Crippen LogP contribution >= 0.6 is 11.6 Å². The van der Waals surface area contributed by atoms with Crippen LogP contribution in [0.2, 0.25) is 5.02 Å². The molecule has 0 spiro atoms. The fraction of sp³-hybridized carbons (Fsp3) is 0.423. The van der Waals surface area contributed by atoms with Crippen molar-refractivity contribution in [2.24, 2.45) is 5.92 Å². The average Bonchev–Trinajstić information content (AvgIpc) is 2.87. The first-order chi connectivity index (χ1) is 16.8. The lowest BCUT2D eigenvalue weighted by atomic mass is 9.88. The van der Waals surface area contributed by atoms with E-state index in [2.05, 4.69) is 16.0 Å². The van der Waals surface area contributed by atoms with Crippen LogP contribution in [-0.4, -0.2) is 55.0 Å². The summed E-state index contributed by atoms with van der Waals surface area (Å²) in [5.74, 6) is 0.0219. The van der Waals surface area contributed by atoms with Crippen molar-refractivity contribution in [1.29, 1.82) is 0 Å². The summed E-state index contributed by atoms with van der Waals surface area (Å²) < 4.78 is 5.15. The number of anilines is 1. The summed E-state index contributed by atoms with van der Waals surface area (Å²) in [5, 5.41) is 9.33. The summed E-state index contributed by atoms with van der Waals surface area (Å²) in [6.07, 6.45) is 1.96. The van der Waals surface area contributed by atoms with Gasteiger partial charge in [-0.2, -0.15) is 0 Å². The Morgan fingerprint density at radius 2 is 1.77 bits per heavy atom. The Morgan fingerprint density at radius 1 is 1.09 bits per heavy atom. The molecule has 3 rings (SSSR count). The molecule has 1 heterocycles. The Morgan fingerprint density at radius 3 is 2.37 bits per heavy atom. The van der Waals surface area contributed by atoms with Gasteiger partial charge in [-0.25, -0.2) is 4.79 Å². The quantitative estimate of drug-likeness (QED) is 0.503. The second kappa shape index (κ2) is 12.4. The van der Waals surface area contributed by atoms with Gasteiger partial charge in [0.2, 0.25) is 5.91 Å². The van der Waals surface area contributed by atoms with Crippen molar-refractivity contribution in [1.82, 2.24) is 15.5 Å². The van der Waals surface area contributed by atoms with Crippen LogP contribution in [0.3, 0.4) is 0 Å². The van der Waals surface area contributed by atoms with Crippen LogP contribution in [0.25, 0.3) is 0 Å². The highest BCUT2D eigenvalue weighted by Gasteiger charge is 2.34. The van der Waals surface area contributed by atoms with Gasteiger partial charge in [-0.05, 0) is 74.6 Å². The fourth-order valence-corrected chi connectivity index (χ4v) is 4.19. The minimum absolute atomic E-state index is 0.00792. The first-order valence-electron chi connectivity index (χ1n) is 11.9. The Balaban J connectivity index is 1.65. The van der Waals surface area contributed by atoms with Gasteiger partial charge in [-0.1, -0.05) is 24.6 Å². The number of carbonyl (C=O) groups is 3. The summed E-state index contributed by atoms with van der Waals surface area (Å²) in [7, 11) is 1.56. The molecule has 4 amide bonds. The Kier molecular flexibility index (Phi) is 9.37. The van der Waals surface area contributed by atoms with Crippen LogP contribution in [0.15, 0.2) is 48.5 Å². The van der Waals surface area contributed by atoms with Crippen molar-refractivity contribution in [2.75, 3.05) is 25.5 Å². The highest BCUT2D eigenvalue weighted by atomic mass is 35.5. The zero-order valence-corrected chi connectivity index (χ0v) is 21.1. The number of methoxy groups -OCH3 is 1. The third-order valence-corrected chi connectivity index (χ3v) is 6.53. The Hall–Kier alpha value is -3.26. The maximum atomic E-state index is 13.1. The van der Waals surface area contributed by atoms with Crippen molar-refractivity contribution < 1.29 is 19.1 Å². The van der Waals surface area contributed by atoms with Gasteiger partial charge in [0.05, 0.1) is 7.11 Å². The lowest BCUT2D eigenvalue weighted by Crippen LogP contribution is -2.55. The van der Waals surface area contributed by atoms with Crippen molar-refractivity contribution in [3.8, 4) is 5.75 Å². The smallest absolute Gasteiger partial charge is 0.321 e. The van der Waals surface area contributed by atoms with Crippen molar-refractivity contribution >= 4 is 35.1 Å². The summed E-state index contributed by atoms with van der Waals surface area (Å²) in [6, 6.07) is 12.8. The molecular formula is C26H33ClN4O4. The number of carbonyl (C=O) groups excluding carboxylic acids is 3. The number of ether oxygens (including phenoxy) is 1. The minimum atomic E-state index is -0.697. The van der Waals surface area contributed by atoms with E-state index < -0.39 is 6.04 Å². The molecule has 1 aliphatic heterocycles. The highest BCUT2D eigenvalue weighted by molar-refractivity contribution is 6.30. The Bertz CT molecular complexity index is 1020. The van der Waals surface area contributed by atoms with Gasteiger partial charge in [0, 0.05) is 35.4 Å². The van der Waals surface area contributed by atoms with Gasteiger partial charge in [0.1, 0.15) is 11.8 Å². The number of hydrogen-bond acceptors (Lipinski definition) is 4. The SMILES string of the molecule is CC[C@@H](C)NC(=O)[C@H](NC(=O)c1ccc(OC)cc1)C1CCN(C(=O)Nc2cccc(Cl)c2)CC1. The molecule has 0 bridgehead atoms. The van der Waals surface area contributed by atoms with Crippen LogP contribution in [-0.2, 0) is 4.79 Å². The van der Waals surface area contributed by atoms with E-state index in [1.807, 2.05) is 13.8 Å². The van der Waals surface area contributed by atoms with Gasteiger partial charge in [0.25, 0.3) is 5.91 Å². The minimum Gasteiger partial charge on any atom is -0.497 e. The molecule has 0 aliphatic carbocycles. The summed E-state index contributed by atoms with van der Waals surface area (Å²) >= 11 is 6.00. The largest absolute Gasteiger partial charge is 0.497 e. The average molecular weight is 501 g/mol. The normalized spacial score (nSPS) is 15.6. The fourth-order valence-electron chi connectivity index (χ4n) is 4.00. The van der Waals surface area contributed by atoms with Crippen molar-refractivity contribution in [3.05, 3.63) is 59.1 Å². The molecule has 0 aromatic heterocycles. The third kappa shape index (κ3) is 7.36. The predicted molar refractivity (Wildman–Crippen MR) is 137 cm³/mol. The third-order valence-electron chi connectivity index (χ3n) is 6.30. The van der Waals surface area contributed by atoms with Gasteiger partial charge >= 0.3 is 6.03 Å². The molecule has 0 unspecified atom stereocenters. The summed E-state index contributed by atoms with van der Waals surface area (Å²) in [5.41, 5.74) is 1.08. The molecule has 1 saturated heterocycles. The van der Waals surface area contributed by atoms with Gasteiger partial charge in [-0.3, -0.25) is 9.59 Å². The van der Waals surface area contributed by atoms with E-state index in [1.165, 1.54) is 0 Å². The van der Waals surface area contributed by atoms with Gasteiger partial charge in [-0.15, -0.1) is 0 Å². The molecule has 9 heteroatoms. The van der Waals surface area contributed by atoms with E-state index in [1.54, 1.807) is 60.5 Å². The van der Waals surface area contributed by atoms with E-state index in [0.717, 1.165) is 6.42 Å². The number of nitrogens with zero attached hydrogens (tertiary/aromatic N) is 1. The Labute approximate surface area is 211 Å². The zero-order chi connectivity index (χ0) is 25.4. The summed E-state index contributed by atoms with van der Waals surface area (Å²) in [4.78, 5) is 40.5. The maximum Gasteiger partial charge on any atom is 0.321 e. The molecule has 1 fully saturated rings. The number of hydrogen-bond donors (Lipinski definition) is 3. The van der Waals surface area contributed by atoms with Crippen molar-refractivity contribution in [3.63, 3.8) is 0 Å². The zero-order valence-electron chi connectivity index (χ0n) is 20.3. The van der Waals surface area contributed by atoms with Crippen LogP contribution < -0.4 is 20.7 Å². The lowest BCUT2D eigenvalue weighted by Gasteiger charge is -2.36. The second-order valence-corrected chi connectivity index (χ2v) is 9.20.